The minimum Gasteiger partial charge on any atom is -0.496 e. The number of nitrogens with zero attached hydrogens (tertiary/aromatic N) is 3. The second kappa shape index (κ2) is 6.60. The van der Waals surface area contributed by atoms with Crippen molar-refractivity contribution in [2.45, 2.75) is 25.7 Å². The van der Waals surface area contributed by atoms with Crippen molar-refractivity contribution in [3.8, 4) is 17.2 Å². The van der Waals surface area contributed by atoms with E-state index in [2.05, 4.69) is 10.2 Å². The third-order valence-electron chi connectivity index (χ3n) is 3.84. The molecule has 0 aliphatic carbocycles. The summed E-state index contributed by atoms with van der Waals surface area (Å²) in [5.41, 5.74) is 0.687. The van der Waals surface area contributed by atoms with Gasteiger partial charge in [-0.15, -0.1) is 10.2 Å². The molecule has 6 nitrogen and oxygen atoms in total. The monoisotopic (exact) mass is 301 g/mol. The summed E-state index contributed by atoms with van der Waals surface area (Å²) >= 11 is 0. The molecule has 0 bridgehead atoms. The van der Waals surface area contributed by atoms with Gasteiger partial charge in [0.1, 0.15) is 5.75 Å². The number of benzene rings is 1. The molecule has 116 valence electrons. The fraction of sp³-hybridized carbons (Fsp3) is 0.438. The zero-order valence-electron chi connectivity index (χ0n) is 12.6. The normalized spacial score (nSPS) is 15.4. The van der Waals surface area contributed by atoms with Crippen molar-refractivity contribution in [3.05, 3.63) is 30.2 Å². The number of hydrogen-bond acceptors (Lipinski definition) is 5. The van der Waals surface area contributed by atoms with E-state index in [1.807, 2.05) is 24.3 Å². The molecule has 1 aromatic heterocycles. The fourth-order valence-corrected chi connectivity index (χ4v) is 2.65. The summed E-state index contributed by atoms with van der Waals surface area (Å²) in [7, 11) is 1.58. The third-order valence-corrected chi connectivity index (χ3v) is 3.84. The van der Waals surface area contributed by atoms with Gasteiger partial charge in [0.25, 0.3) is 5.89 Å². The number of amides is 1. The van der Waals surface area contributed by atoms with E-state index >= 15 is 0 Å². The highest BCUT2D eigenvalue weighted by Gasteiger charge is 2.23. The molecule has 1 aliphatic rings. The lowest BCUT2D eigenvalue weighted by molar-refractivity contribution is 0.0722. The minimum absolute atomic E-state index is 0.0443. The predicted octanol–water partition coefficient (Wildman–Crippen LogP) is 2.76. The van der Waals surface area contributed by atoms with Crippen LogP contribution in [0.3, 0.4) is 0 Å². The van der Waals surface area contributed by atoms with Gasteiger partial charge in [0.2, 0.25) is 0 Å². The molecular formula is C16H19N3O3. The van der Waals surface area contributed by atoms with Crippen LogP contribution in [0.4, 0.5) is 0 Å². The maximum absolute atomic E-state index is 12.5. The van der Waals surface area contributed by atoms with Crippen molar-refractivity contribution in [2.24, 2.45) is 0 Å². The molecule has 0 spiro atoms. The Kier molecular flexibility index (Phi) is 4.37. The first-order valence-electron chi connectivity index (χ1n) is 7.56. The molecule has 2 heterocycles. The van der Waals surface area contributed by atoms with Gasteiger partial charge in [0.05, 0.1) is 12.7 Å². The lowest BCUT2D eigenvalue weighted by Gasteiger charge is -2.17. The maximum Gasteiger partial charge on any atom is 0.311 e. The van der Waals surface area contributed by atoms with Crippen LogP contribution >= 0.6 is 0 Å². The van der Waals surface area contributed by atoms with Gasteiger partial charge in [-0.1, -0.05) is 25.0 Å². The smallest absolute Gasteiger partial charge is 0.311 e. The Bertz CT molecular complexity index is 646. The number of aromatic nitrogens is 2. The minimum atomic E-state index is -0.185. The summed E-state index contributed by atoms with van der Waals surface area (Å²) in [6.07, 6.45) is 4.39. The van der Waals surface area contributed by atoms with Crippen LogP contribution in [0.25, 0.3) is 11.5 Å². The van der Waals surface area contributed by atoms with Crippen LogP contribution in [0.5, 0.6) is 5.75 Å². The van der Waals surface area contributed by atoms with Crippen LogP contribution in [0, 0.1) is 0 Å². The first-order chi connectivity index (χ1) is 10.8. The van der Waals surface area contributed by atoms with Gasteiger partial charge in [0, 0.05) is 13.1 Å². The number of carbonyl (C=O) groups excluding carboxylic acids is 1. The van der Waals surface area contributed by atoms with E-state index in [4.69, 9.17) is 9.15 Å². The van der Waals surface area contributed by atoms with Crippen molar-refractivity contribution in [2.75, 3.05) is 20.2 Å². The Hall–Kier alpha value is -2.37. The Balaban J connectivity index is 1.82. The molecule has 22 heavy (non-hydrogen) atoms. The van der Waals surface area contributed by atoms with Crippen molar-refractivity contribution < 1.29 is 13.9 Å². The van der Waals surface area contributed by atoms with Crippen LogP contribution in [-0.2, 0) is 0 Å². The largest absolute Gasteiger partial charge is 0.496 e. The molecule has 0 N–H and O–H groups in total. The molecule has 1 aromatic carbocycles. The third kappa shape index (κ3) is 2.95. The Labute approximate surface area is 129 Å². The number of methoxy groups -OCH3 is 1. The number of carbonyl (C=O) groups is 1. The van der Waals surface area contributed by atoms with Gasteiger partial charge < -0.3 is 14.1 Å². The van der Waals surface area contributed by atoms with Crippen molar-refractivity contribution in [1.29, 1.82) is 0 Å². The standard InChI is InChI=1S/C16H19N3O3/c1-21-13-9-5-4-8-12(13)14-17-18-15(22-14)16(20)19-10-6-2-3-7-11-19/h4-5,8-9H,2-3,6-7,10-11H2,1H3. The van der Waals surface area contributed by atoms with Crippen LogP contribution in [0.2, 0.25) is 0 Å². The molecule has 6 heteroatoms. The summed E-state index contributed by atoms with van der Waals surface area (Å²) in [5.74, 6) is 0.800. The van der Waals surface area contributed by atoms with Crippen molar-refractivity contribution in [3.63, 3.8) is 0 Å². The zero-order chi connectivity index (χ0) is 15.4. The van der Waals surface area contributed by atoms with Crippen molar-refractivity contribution in [1.82, 2.24) is 15.1 Å². The van der Waals surface area contributed by atoms with Crippen LogP contribution in [-0.4, -0.2) is 41.2 Å². The van der Waals surface area contributed by atoms with Crippen molar-refractivity contribution >= 4 is 5.91 Å². The van der Waals surface area contributed by atoms with E-state index in [9.17, 15) is 4.79 Å². The number of para-hydroxylation sites is 1. The molecule has 0 saturated carbocycles. The summed E-state index contributed by atoms with van der Waals surface area (Å²) < 4.78 is 10.9. The lowest BCUT2D eigenvalue weighted by atomic mass is 10.2. The Morgan fingerprint density at radius 3 is 2.59 bits per heavy atom. The van der Waals surface area contributed by atoms with Gasteiger partial charge in [0.15, 0.2) is 0 Å². The van der Waals surface area contributed by atoms with E-state index in [0.717, 1.165) is 25.9 Å². The number of rotatable bonds is 3. The summed E-state index contributed by atoms with van der Waals surface area (Å²) in [6.45, 7) is 1.51. The summed E-state index contributed by atoms with van der Waals surface area (Å²) in [5, 5.41) is 7.90. The Morgan fingerprint density at radius 1 is 1.14 bits per heavy atom. The zero-order valence-corrected chi connectivity index (χ0v) is 12.6. The summed E-state index contributed by atoms with van der Waals surface area (Å²) in [6, 6.07) is 7.36. The molecule has 1 saturated heterocycles. The predicted molar refractivity (Wildman–Crippen MR) is 80.7 cm³/mol. The molecule has 1 amide bonds. The first kappa shape index (κ1) is 14.6. The molecule has 0 unspecified atom stereocenters. The van der Waals surface area contributed by atoms with Crippen LogP contribution < -0.4 is 4.74 Å². The van der Waals surface area contributed by atoms with E-state index in [1.54, 1.807) is 12.0 Å². The van der Waals surface area contributed by atoms with Gasteiger partial charge >= 0.3 is 11.8 Å². The molecule has 1 fully saturated rings. The molecule has 0 radical (unpaired) electrons. The van der Waals surface area contributed by atoms with Crippen LogP contribution in [0.1, 0.15) is 36.4 Å². The highest BCUT2D eigenvalue weighted by molar-refractivity contribution is 5.89. The van der Waals surface area contributed by atoms with E-state index in [0.29, 0.717) is 17.2 Å². The SMILES string of the molecule is COc1ccccc1-c1nnc(C(=O)N2CCCCCC2)o1. The number of likely N-dealkylation sites (tertiary alicyclic amines) is 1. The molecular weight excluding hydrogens is 282 g/mol. The number of ether oxygens (including phenoxy) is 1. The molecule has 2 aromatic rings. The highest BCUT2D eigenvalue weighted by atomic mass is 16.5. The molecule has 3 rings (SSSR count). The van der Waals surface area contributed by atoms with E-state index < -0.39 is 0 Å². The quantitative estimate of drug-likeness (QED) is 0.872. The van der Waals surface area contributed by atoms with E-state index in [-0.39, 0.29) is 11.8 Å². The fourth-order valence-electron chi connectivity index (χ4n) is 2.65. The topological polar surface area (TPSA) is 68.5 Å². The van der Waals surface area contributed by atoms with Gasteiger partial charge in [-0.05, 0) is 25.0 Å². The average Bonchev–Trinajstić information content (AvgIpc) is 2.89. The molecule has 1 aliphatic heterocycles. The van der Waals surface area contributed by atoms with Gasteiger partial charge in [-0.2, -0.15) is 0 Å². The van der Waals surface area contributed by atoms with E-state index in [1.165, 1.54) is 12.8 Å². The second-order valence-electron chi connectivity index (χ2n) is 5.32. The summed E-state index contributed by atoms with van der Waals surface area (Å²) in [4.78, 5) is 14.2. The van der Waals surface area contributed by atoms with Crippen LogP contribution in [0.15, 0.2) is 28.7 Å². The molecule has 0 atom stereocenters. The highest BCUT2D eigenvalue weighted by Crippen LogP contribution is 2.28. The average molecular weight is 301 g/mol. The second-order valence-corrected chi connectivity index (χ2v) is 5.32. The lowest BCUT2D eigenvalue weighted by Crippen LogP contribution is -2.32. The maximum atomic E-state index is 12.5. The van der Waals surface area contributed by atoms with Gasteiger partial charge in [-0.3, -0.25) is 4.79 Å². The first-order valence-corrected chi connectivity index (χ1v) is 7.56. The Morgan fingerprint density at radius 2 is 1.86 bits per heavy atom. The number of hydrogen-bond donors (Lipinski definition) is 0. The van der Waals surface area contributed by atoms with Gasteiger partial charge in [-0.25, -0.2) is 0 Å².